The van der Waals surface area contributed by atoms with Crippen LogP contribution in [0.3, 0.4) is 0 Å². The minimum atomic E-state index is 0.0371. The molecule has 14 heavy (non-hydrogen) atoms. The van der Waals surface area contributed by atoms with Gasteiger partial charge in [-0.1, -0.05) is 22.9 Å². The van der Waals surface area contributed by atoms with Gasteiger partial charge in [0.15, 0.2) is 0 Å². The summed E-state index contributed by atoms with van der Waals surface area (Å²) in [4.78, 5) is 11.7. The van der Waals surface area contributed by atoms with Crippen molar-refractivity contribution in [2.45, 2.75) is 26.3 Å². The second kappa shape index (κ2) is 5.51. The second-order valence-corrected chi connectivity index (χ2v) is 4.59. The van der Waals surface area contributed by atoms with Gasteiger partial charge in [0.05, 0.1) is 5.56 Å². The first-order valence-corrected chi connectivity index (χ1v) is 6.65. The molecule has 0 fully saturated rings. The third-order valence-electron chi connectivity index (χ3n) is 2.11. The van der Waals surface area contributed by atoms with E-state index in [4.69, 9.17) is 0 Å². The van der Waals surface area contributed by atoms with Crippen LogP contribution >= 0.6 is 27.3 Å². The Morgan fingerprint density at radius 3 is 2.79 bits per heavy atom. The van der Waals surface area contributed by atoms with E-state index in [2.05, 4.69) is 28.2 Å². The first-order chi connectivity index (χ1) is 6.69. The molecule has 1 unspecified atom stereocenters. The Bertz CT molecular complexity index is 307. The van der Waals surface area contributed by atoms with Gasteiger partial charge in [0.2, 0.25) is 0 Å². The molecule has 1 heterocycles. The maximum Gasteiger partial charge on any atom is 0.252 e. The van der Waals surface area contributed by atoms with Crippen LogP contribution in [0.25, 0.3) is 0 Å². The number of nitrogens with one attached hydrogen (secondary N) is 1. The minimum absolute atomic E-state index is 0.0371. The molecule has 1 amide bonds. The van der Waals surface area contributed by atoms with Gasteiger partial charge in [0, 0.05) is 16.8 Å². The molecule has 0 aliphatic heterocycles. The topological polar surface area (TPSA) is 29.1 Å². The predicted octanol–water partition coefficient (Wildman–Crippen LogP) is 2.96. The molecule has 0 radical (unpaired) electrons. The molecular weight excluding hydrogens is 262 g/mol. The van der Waals surface area contributed by atoms with Gasteiger partial charge in [0.1, 0.15) is 0 Å². The lowest BCUT2D eigenvalue weighted by atomic mass is 10.2. The van der Waals surface area contributed by atoms with Gasteiger partial charge in [0.25, 0.3) is 5.91 Å². The molecule has 0 aliphatic carbocycles. The lowest BCUT2D eigenvalue weighted by Gasteiger charge is -2.13. The van der Waals surface area contributed by atoms with E-state index in [0.717, 1.165) is 22.9 Å². The number of hydrogen-bond acceptors (Lipinski definition) is 2. The molecule has 1 rings (SSSR count). The number of rotatable bonds is 4. The second-order valence-electron chi connectivity index (χ2n) is 3.20. The predicted molar refractivity (Wildman–Crippen MR) is 64.4 cm³/mol. The highest BCUT2D eigenvalue weighted by Crippen LogP contribution is 2.13. The highest BCUT2D eigenvalue weighted by atomic mass is 79.9. The molecule has 0 aliphatic rings. The van der Waals surface area contributed by atoms with E-state index >= 15 is 0 Å². The molecule has 1 aromatic heterocycles. The van der Waals surface area contributed by atoms with E-state index in [1.807, 2.05) is 17.7 Å². The summed E-state index contributed by atoms with van der Waals surface area (Å²) in [7, 11) is 0. The van der Waals surface area contributed by atoms with Crippen LogP contribution in [0.4, 0.5) is 0 Å². The number of amides is 1. The zero-order valence-corrected chi connectivity index (χ0v) is 10.7. The molecule has 78 valence electrons. The van der Waals surface area contributed by atoms with Crippen molar-refractivity contribution >= 4 is 33.2 Å². The fourth-order valence-corrected chi connectivity index (χ4v) is 2.55. The maximum absolute atomic E-state index is 11.7. The van der Waals surface area contributed by atoms with Crippen LogP contribution in [-0.4, -0.2) is 17.3 Å². The van der Waals surface area contributed by atoms with Crippen LogP contribution in [0.1, 0.15) is 29.3 Å². The minimum Gasteiger partial charge on any atom is -0.348 e. The highest BCUT2D eigenvalue weighted by molar-refractivity contribution is 9.09. The smallest absolute Gasteiger partial charge is 0.252 e. The maximum atomic E-state index is 11.7. The SMILES string of the molecule is CCC(CBr)NC(=O)c1cscc1C. The van der Waals surface area contributed by atoms with Crippen LogP contribution in [0.15, 0.2) is 10.8 Å². The largest absolute Gasteiger partial charge is 0.348 e. The Morgan fingerprint density at radius 1 is 1.64 bits per heavy atom. The van der Waals surface area contributed by atoms with Gasteiger partial charge in [-0.25, -0.2) is 0 Å². The molecule has 0 aromatic carbocycles. The van der Waals surface area contributed by atoms with Crippen molar-refractivity contribution < 1.29 is 4.79 Å². The van der Waals surface area contributed by atoms with Crippen molar-refractivity contribution in [3.8, 4) is 0 Å². The molecule has 1 aromatic rings. The van der Waals surface area contributed by atoms with Gasteiger partial charge in [-0.05, 0) is 24.3 Å². The van der Waals surface area contributed by atoms with E-state index in [1.54, 1.807) is 11.3 Å². The summed E-state index contributed by atoms with van der Waals surface area (Å²) < 4.78 is 0. The standard InChI is InChI=1S/C10H14BrNOS/c1-3-8(4-11)12-10(13)9-6-14-5-7(9)2/h5-6,8H,3-4H2,1-2H3,(H,12,13). The zero-order valence-electron chi connectivity index (χ0n) is 8.34. The highest BCUT2D eigenvalue weighted by Gasteiger charge is 2.13. The lowest BCUT2D eigenvalue weighted by Crippen LogP contribution is -2.35. The monoisotopic (exact) mass is 275 g/mol. The molecule has 2 nitrogen and oxygen atoms in total. The van der Waals surface area contributed by atoms with Gasteiger partial charge in [-0.15, -0.1) is 0 Å². The summed E-state index contributed by atoms with van der Waals surface area (Å²) in [6, 6.07) is 0.224. The van der Waals surface area contributed by atoms with Crippen molar-refractivity contribution in [3.05, 3.63) is 21.9 Å². The van der Waals surface area contributed by atoms with Gasteiger partial charge >= 0.3 is 0 Å². The summed E-state index contributed by atoms with van der Waals surface area (Å²) in [6.45, 7) is 4.02. The molecule has 1 atom stereocenters. The van der Waals surface area contributed by atoms with Crippen LogP contribution in [0.2, 0.25) is 0 Å². The van der Waals surface area contributed by atoms with Crippen LogP contribution in [-0.2, 0) is 0 Å². The quantitative estimate of drug-likeness (QED) is 0.842. The Balaban J connectivity index is 2.63. The fraction of sp³-hybridized carbons (Fsp3) is 0.500. The van der Waals surface area contributed by atoms with Crippen molar-refractivity contribution in [3.63, 3.8) is 0 Å². The molecular formula is C10H14BrNOS. The molecule has 4 heteroatoms. The summed E-state index contributed by atoms with van der Waals surface area (Å²) in [5.41, 5.74) is 1.85. The number of halogens is 1. The molecule has 0 spiro atoms. The van der Waals surface area contributed by atoms with Crippen LogP contribution in [0, 0.1) is 6.92 Å². The molecule has 0 bridgehead atoms. The number of aryl methyl sites for hydroxylation is 1. The Morgan fingerprint density at radius 2 is 2.36 bits per heavy atom. The normalized spacial score (nSPS) is 12.5. The van der Waals surface area contributed by atoms with Crippen molar-refractivity contribution in [2.24, 2.45) is 0 Å². The average molecular weight is 276 g/mol. The third kappa shape index (κ3) is 2.82. The van der Waals surface area contributed by atoms with E-state index in [9.17, 15) is 4.79 Å². The average Bonchev–Trinajstić information content (AvgIpc) is 2.60. The van der Waals surface area contributed by atoms with Crippen LogP contribution < -0.4 is 5.32 Å². The Hall–Kier alpha value is -0.350. The number of thiophene rings is 1. The Kier molecular flexibility index (Phi) is 4.62. The molecule has 0 saturated heterocycles. The van der Waals surface area contributed by atoms with Crippen molar-refractivity contribution in [2.75, 3.05) is 5.33 Å². The van der Waals surface area contributed by atoms with E-state index in [-0.39, 0.29) is 11.9 Å². The first-order valence-electron chi connectivity index (χ1n) is 4.58. The van der Waals surface area contributed by atoms with E-state index in [0.29, 0.717) is 0 Å². The summed E-state index contributed by atoms with van der Waals surface area (Å²) >= 11 is 4.94. The van der Waals surface area contributed by atoms with Crippen molar-refractivity contribution in [1.82, 2.24) is 5.32 Å². The van der Waals surface area contributed by atoms with Gasteiger partial charge < -0.3 is 5.32 Å². The number of carbonyl (C=O) groups excluding carboxylic acids is 1. The summed E-state index contributed by atoms with van der Waals surface area (Å²) in [6.07, 6.45) is 0.945. The summed E-state index contributed by atoms with van der Waals surface area (Å²) in [5.74, 6) is 0.0371. The first kappa shape index (κ1) is 11.7. The van der Waals surface area contributed by atoms with E-state index < -0.39 is 0 Å². The van der Waals surface area contributed by atoms with Crippen LogP contribution in [0.5, 0.6) is 0 Å². The number of alkyl halides is 1. The Labute approximate surface area is 96.8 Å². The molecule has 0 saturated carbocycles. The zero-order chi connectivity index (χ0) is 10.6. The number of hydrogen-bond donors (Lipinski definition) is 1. The van der Waals surface area contributed by atoms with Gasteiger partial charge in [-0.3, -0.25) is 4.79 Å². The molecule has 1 N–H and O–H groups in total. The third-order valence-corrected chi connectivity index (χ3v) is 3.76. The lowest BCUT2D eigenvalue weighted by molar-refractivity contribution is 0.0940. The fourth-order valence-electron chi connectivity index (χ4n) is 1.11. The van der Waals surface area contributed by atoms with Gasteiger partial charge in [-0.2, -0.15) is 11.3 Å². The van der Waals surface area contributed by atoms with E-state index in [1.165, 1.54) is 0 Å². The van der Waals surface area contributed by atoms with Crippen molar-refractivity contribution in [1.29, 1.82) is 0 Å². The summed E-state index contributed by atoms with van der Waals surface area (Å²) in [5, 5.41) is 7.67. The number of carbonyl (C=O) groups is 1.